The monoisotopic (exact) mass is 232 g/mol. The zero-order valence-electron chi connectivity index (χ0n) is 8.75. The Morgan fingerprint density at radius 3 is 3.00 bits per heavy atom. The lowest BCUT2D eigenvalue weighted by Gasteiger charge is -2.34. The number of rotatable bonds is 1. The van der Waals surface area contributed by atoms with Crippen LogP contribution in [-0.4, -0.2) is 52.2 Å². The van der Waals surface area contributed by atoms with Crippen molar-refractivity contribution in [2.24, 2.45) is 4.99 Å². The number of nitrogens with one attached hydrogen (secondary N) is 1. The van der Waals surface area contributed by atoms with E-state index in [0.29, 0.717) is 12.4 Å². The molecule has 0 aromatic rings. The number of fused-ring (bicyclic) bond motifs is 1. The molecular weight excluding hydrogens is 216 g/mol. The van der Waals surface area contributed by atoms with E-state index >= 15 is 0 Å². The van der Waals surface area contributed by atoms with Crippen LogP contribution in [0.2, 0.25) is 0 Å². The van der Waals surface area contributed by atoms with E-state index in [1.807, 2.05) is 0 Å². The first-order valence-corrected chi connectivity index (χ1v) is 6.00. The lowest BCUT2D eigenvalue weighted by molar-refractivity contribution is 0.0746. The third-order valence-corrected chi connectivity index (χ3v) is 4.37. The van der Waals surface area contributed by atoms with Gasteiger partial charge in [-0.3, -0.25) is 0 Å². The van der Waals surface area contributed by atoms with Gasteiger partial charge in [0, 0.05) is 13.5 Å². The van der Waals surface area contributed by atoms with Gasteiger partial charge in [0.1, 0.15) is 6.04 Å². The van der Waals surface area contributed by atoms with Crippen LogP contribution in [0.3, 0.4) is 0 Å². The van der Waals surface area contributed by atoms with Crippen LogP contribution in [0.1, 0.15) is 13.3 Å². The second kappa shape index (κ2) is 4.19. The lowest BCUT2D eigenvalue weighted by atomic mass is 10.0. The molecule has 5 atom stereocenters. The van der Waals surface area contributed by atoms with Gasteiger partial charge in [0.25, 0.3) is 6.02 Å². The molecular formula is C9H16N2O3S. The summed E-state index contributed by atoms with van der Waals surface area (Å²) in [5.41, 5.74) is -0.0737. The molecule has 1 fully saturated rings. The summed E-state index contributed by atoms with van der Waals surface area (Å²) >= 11 is 1.46. The summed E-state index contributed by atoms with van der Waals surface area (Å²) < 4.78 is 5.52. The molecule has 0 aromatic heterocycles. The average molecular weight is 232 g/mol. The molecule has 0 aliphatic carbocycles. The van der Waals surface area contributed by atoms with Gasteiger partial charge in [-0.05, 0) is 6.92 Å². The highest BCUT2D eigenvalue weighted by molar-refractivity contribution is 8.00. The van der Waals surface area contributed by atoms with Crippen LogP contribution in [0, 0.1) is 0 Å². The molecule has 2 aliphatic rings. The Morgan fingerprint density at radius 2 is 2.40 bits per heavy atom. The Labute approximate surface area is 92.9 Å². The molecule has 6 heteroatoms. The number of amidine groups is 1. The highest BCUT2D eigenvalue weighted by Crippen LogP contribution is 2.38. The van der Waals surface area contributed by atoms with Crippen molar-refractivity contribution >= 4 is 17.8 Å². The van der Waals surface area contributed by atoms with Gasteiger partial charge in [0.2, 0.25) is 0 Å². The number of hydrogen-bond donors (Lipinski definition) is 3. The maximum absolute atomic E-state index is 9.82. The minimum atomic E-state index is -0.534. The molecule has 5 nitrogen and oxygen atoms in total. The van der Waals surface area contributed by atoms with E-state index in [-0.39, 0.29) is 16.7 Å². The van der Waals surface area contributed by atoms with Crippen molar-refractivity contribution in [2.75, 3.05) is 7.05 Å². The molecule has 0 bridgehead atoms. The number of aliphatic hydroxyl groups is 2. The van der Waals surface area contributed by atoms with Gasteiger partial charge < -0.3 is 20.3 Å². The third-order valence-electron chi connectivity index (χ3n) is 2.67. The lowest BCUT2D eigenvalue weighted by Crippen LogP contribution is -2.43. The molecule has 1 unspecified atom stereocenters. The van der Waals surface area contributed by atoms with E-state index in [1.54, 1.807) is 14.0 Å². The van der Waals surface area contributed by atoms with Gasteiger partial charge in [-0.15, -0.1) is 11.8 Å². The summed E-state index contributed by atoms with van der Waals surface area (Å²) in [6, 6.07) is 0.526. The van der Waals surface area contributed by atoms with Crippen molar-refractivity contribution in [1.82, 2.24) is 5.32 Å². The van der Waals surface area contributed by atoms with Crippen molar-refractivity contribution in [2.45, 2.75) is 42.3 Å². The normalized spacial score (nSPS) is 41.5. The Morgan fingerprint density at radius 1 is 1.67 bits per heavy atom. The molecule has 0 saturated carbocycles. The van der Waals surface area contributed by atoms with Crippen molar-refractivity contribution in [1.29, 1.82) is 0 Å². The van der Waals surface area contributed by atoms with Crippen molar-refractivity contribution in [3.05, 3.63) is 0 Å². The van der Waals surface area contributed by atoms with E-state index < -0.39 is 12.2 Å². The highest BCUT2D eigenvalue weighted by atomic mass is 32.2. The molecule has 2 rings (SSSR count). The second-order valence-electron chi connectivity index (χ2n) is 3.88. The molecule has 1 saturated heterocycles. The van der Waals surface area contributed by atoms with Crippen LogP contribution in [0.15, 0.2) is 4.99 Å². The summed E-state index contributed by atoms with van der Waals surface area (Å²) in [7, 11) is 1.75. The van der Waals surface area contributed by atoms with E-state index in [0.717, 1.165) is 0 Å². The average Bonchev–Trinajstić information content (AvgIpc) is 2.58. The summed E-state index contributed by atoms with van der Waals surface area (Å²) in [5.74, 6) is 0. The molecule has 0 radical (unpaired) electrons. The molecule has 15 heavy (non-hydrogen) atoms. The molecule has 0 spiro atoms. The minimum Gasteiger partial charge on any atom is -0.449 e. The minimum absolute atomic E-state index is 0.00227. The molecule has 2 aliphatic heterocycles. The molecule has 0 aromatic carbocycles. The van der Waals surface area contributed by atoms with Gasteiger partial charge in [-0.2, -0.15) is 0 Å². The number of thioether (sulfide) groups is 1. The van der Waals surface area contributed by atoms with Gasteiger partial charge >= 0.3 is 0 Å². The van der Waals surface area contributed by atoms with Crippen molar-refractivity contribution in [3.8, 4) is 0 Å². The number of ether oxygens (including phenoxy) is 1. The van der Waals surface area contributed by atoms with Crippen LogP contribution >= 0.6 is 11.8 Å². The van der Waals surface area contributed by atoms with Crippen molar-refractivity contribution < 1.29 is 14.9 Å². The summed E-state index contributed by atoms with van der Waals surface area (Å²) in [6.07, 6.45) is -0.494. The molecule has 2 heterocycles. The molecule has 3 N–H and O–H groups in total. The Kier molecular flexibility index (Phi) is 3.08. The predicted molar refractivity (Wildman–Crippen MR) is 58.8 cm³/mol. The number of aliphatic imine (C=N–C) groups is 1. The number of hydrogen-bond acceptors (Lipinski definition) is 6. The largest absolute Gasteiger partial charge is 0.449 e. The highest BCUT2D eigenvalue weighted by Gasteiger charge is 2.43. The van der Waals surface area contributed by atoms with E-state index in [1.165, 1.54) is 11.8 Å². The fourth-order valence-corrected chi connectivity index (χ4v) is 3.23. The number of aliphatic hydroxyl groups excluding tert-OH is 2. The van der Waals surface area contributed by atoms with E-state index in [9.17, 15) is 10.2 Å². The molecule has 0 amide bonds. The first-order valence-electron chi connectivity index (χ1n) is 5.05. The zero-order chi connectivity index (χ0) is 11.0. The summed E-state index contributed by atoms with van der Waals surface area (Å²) in [6.45, 7) is 1.69. The predicted octanol–water partition coefficient (Wildman–Crippen LogP) is -0.466. The van der Waals surface area contributed by atoms with Crippen LogP contribution < -0.4 is 5.32 Å². The Balaban J connectivity index is 2.03. The SMILES string of the molecule is CNC1=N[C@@H]2C[C@H](O)C([C@H](C)O)S[C@@H]2O1. The van der Waals surface area contributed by atoms with Gasteiger partial charge in [0.05, 0.1) is 17.5 Å². The van der Waals surface area contributed by atoms with Gasteiger partial charge in [-0.1, -0.05) is 0 Å². The standard InChI is InChI=1S/C9H16N2O3S/c1-4(12)7-6(13)3-5-8(15-7)14-9(10-2)11-5/h4-8,12-13H,3H2,1-2H3,(H,10,11)/t4-,5+,6-,7?,8-/m0/s1. The summed E-state index contributed by atoms with van der Waals surface area (Å²) in [5, 5.41) is 22.0. The smallest absolute Gasteiger partial charge is 0.286 e. The van der Waals surface area contributed by atoms with E-state index in [2.05, 4.69) is 10.3 Å². The fraction of sp³-hybridized carbons (Fsp3) is 0.889. The Bertz CT molecular complexity index is 272. The van der Waals surface area contributed by atoms with Gasteiger partial charge in [-0.25, -0.2) is 4.99 Å². The summed E-state index contributed by atoms with van der Waals surface area (Å²) in [4.78, 5) is 4.29. The molecule has 86 valence electrons. The van der Waals surface area contributed by atoms with Crippen molar-refractivity contribution in [3.63, 3.8) is 0 Å². The first kappa shape index (κ1) is 11.0. The Hall–Kier alpha value is -0.460. The zero-order valence-corrected chi connectivity index (χ0v) is 9.57. The van der Waals surface area contributed by atoms with Crippen LogP contribution in [0.4, 0.5) is 0 Å². The topological polar surface area (TPSA) is 74.1 Å². The quantitative estimate of drug-likeness (QED) is 0.570. The fourth-order valence-electron chi connectivity index (χ4n) is 1.90. The van der Waals surface area contributed by atoms with Crippen LogP contribution in [0.5, 0.6) is 0 Å². The van der Waals surface area contributed by atoms with Gasteiger partial charge in [0.15, 0.2) is 5.44 Å². The maximum atomic E-state index is 9.82. The second-order valence-corrected chi connectivity index (χ2v) is 5.16. The number of nitrogens with zero attached hydrogens (tertiary/aromatic N) is 1. The first-order chi connectivity index (χ1) is 7.11. The van der Waals surface area contributed by atoms with Crippen LogP contribution in [-0.2, 0) is 4.74 Å². The third kappa shape index (κ3) is 2.07. The van der Waals surface area contributed by atoms with Crippen LogP contribution in [0.25, 0.3) is 0 Å². The van der Waals surface area contributed by atoms with E-state index in [4.69, 9.17) is 4.74 Å². The maximum Gasteiger partial charge on any atom is 0.286 e.